The van der Waals surface area contributed by atoms with Crippen molar-refractivity contribution in [2.75, 3.05) is 6.54 Å². The smallest absolute Gasteiger partial charge is 0.325 e. The first-order valence-electron chi connectivity index (χ1n) is 8.15. The van der Waals surface area contributed by atoms with E-state index in [1.54, 1.807) is 12.1 Å². The summed E-state index contributed by atoms with van der Waals surface area (Å²) < 4.78 is 32.0. The predicted molar refractivity (Wildman–Crippen MR) is 89.2 cm³/mol. The van der Waals surface area contributed by atoms with E-state index in [1.165, 1.54) is 26.2 Å². The molecule has 2 unspecified atom stereocenters. The van der Waals surface area contributed by atoms with E-state index in [9.17, 15) is 23.2 Å². The Kier molecular flexibility index (Phi) is 4.69. The van der Waals surface area contributed by atoms with E-state index in [4.69, 9.17) is 4.42 Å². The minimum Gasteiger partial charge on any atom is -0.466 e. The van der Waals surface area contributed by atoms with Crippen LogP contribution in [0.3, 0.4) is 0 Å². The van der Waals surface area contributed by atoms with Crippen LogP contribution in [-0.4, -0.2) is 29.3 Å². The van der Waals surface area contributed by atoms with Crippen molar-refractivity contribution in [1.29, 1.82) is 0 Å². The van der Waals surface area contributed by atoms with Crippen LogP contribution in [0.5, 0.6) is 0 Å². The van der Waals surface area contributed by atoms with Crippen LogP contribution in [-0.2, 0) is 15.1 Å². The lowest BCUT2D eigenvalue weighted by atomic mass is 9.99. The molecule has 0 radical (unpaired) electrons. The van der Waals surface area contributed by atoms with Gasteiger partial charge in [-0.15, -0.1) is 0 Å². The van der Waals surface area contributed by atoms with Crippen molar-refractivity contribution in [3.05, 3.63) is 59.6 Å². The molecule has 0 saturated carbocycles. The molecule has 1 aromatic heterocycles. The highest BCUT2D eigenvalue weighted by Gasteiger charge is 2.51. The second kappa shape index (κ2) is 6.82. The molecule has 4 amide bonds. The van der Waals surface area contributed by atoms with Gasteiger partial charge >= 0.3 is 6.03 Å². The largest absolute Gasteiger partial charge is 0.466 e. The molecule has 7 nitrogen and oxygen atoms in total. The monoisotopic (exact) mass is 377 g/mol. The highest BCUT2D eigenvalue weighted by molar-refractivity contribution is 6.08. The Hall–Kier alpha value is -3.23. The van der Waals surface area contributed by atoms with Gasteiger partial charge in [0.25, 0.3) is 5.91 Å². The van der Waals surface area contributed by atoms with Crippen molar-refractivity contribution in [2.24, 2.45) is 0 Å². The summed E-state index contributed by atoms with van der Waals surface area (Å²) in [6.45, 7) is 2.43. The first-order valence-corrected chi connectivity index (χ1v) is 8.15. The van der Waals surface area contributed by atoms with Gasteiger partial charge in [-0.05, 0) is 32.0 Å². The van der Waals surface area contributed by atoms with Gasteiger partial charge in [0.15, 0.2) is 5.54 Å². The Morgan fingerprint density at radius 2 is 2.07 bits per heavy atom. The van der Waals surface area contributed by atoms with Crippen LogP contribution in [0, 0.1) is 11.6 Å². The van der Waals surface area contributed by atoms with Crippen molar-refractivity contribution < 1.29 is 27.6 Å². The molecule has 1 aromatic carbocycles. The zero-order valence-electron chi connectivity index (χ0n) is 14.6. The molecule has 2 N–H and O–H groups in total. The summed E-state index contributed by atoms with van der Waals surface area (Å²) in [5.41, 5.74) is -1.32. The minimum atomic E-state index is -1.41. The number of nitrogens with zero attached hydrogens (tertiary/aromatic N) is 1. The lowest BCUT2D eigenvalue weighted by Crippen LogP contribution is -2.43. The van der Waals surface area contributed by atoms with Gasteiger partial charge < -0.3 is 15.1 Å². The molecule has 0 aliphatic carbocycles. The van der Waals surface area contributed by atoms with Crippen LogP contribution < -0.4 is 10.6 Å². The summed E-state index contributed by atoms with van der Waals surface area (Å²) in [4.78, 5) is 37.8. The number of halogens is 2. The predicted octanol–water partition coefficient (Wildman–Crippen LogP) is 2.20. The molecule has 2 heterocycles. The van der Waals surface area contributed by atoms with Crippen molar-refractivity contribution in [2.45, 2.75) is 25.4 Å². The number of urea groups is 1. The average Bonchev–Trinajstić information content (AvgIpc) is 3.19. The Bertz CT molecular complexity index is 900. The molecule has 1 aliphatic heterocycles. The number of hydrogen-bond acceptors (Lipinski definition) is 4. The molecular weight excluding hydrogens is 360 g/mol. The fourth-order valence-corrected chi connectivity index (χ4v) is 2.93. The third-order valence-corrected chi connectivity index (χ3v) is 4.40. The van der Waals surface area contributed by atoms with E-state index in [-0.39, 0.29) is 11.3 Å². The van der Waals surface area contributed by atoms with Gasteiger partial charge in [0.2, 0.25) is 5.91 Å². The molecule has 3 rings (SSSR count). The van der Waals surface area contributed by atoms with Gasteiger partial charge in [-0.2, -0.15) is 0 Å². The van der Waals surface area contributed by atoms with E-state index in [2.05, 4.69) is 10.6 Å². The van der Waals surface area contributed by atoms with Crippen LogP contribution >= 0.6 is 0 Å². The second-order valence-electron chi connectivity index (χ2n) is 6.38. The Morgan fingerprint density at radius 3 is 2.70 bits per heavy atom. The maximum absolute atomic E-state index is 13.8. The fourth-order valence-electron chi connectivity index (χ4n) is 2.93. The second-order valence-corrected chi connectivity index (χ2v) is 6.38. The molecule has 0 bridgehead atoms. The number of imide groups is 1. The number of hydrogen-bond donors (Lipinski definition) is 2. The number of amides is 4. The molecule has 0 spiro atoms. The summed E-state index contributed by atoms with van der Waals surface area (Å²) in [5, 5.41) is 4.99. The zero-order chi connectivity index (χ0) is 19.8. The fraction of sp³-hybridized carbons (Fsp3) is 0.278. The highest BCUT2D eigenvalue weighted by atomic mass is 19.1. The van der Waals surface area contributed by atoms with Crippen molar-refractivity contribution >= 4 is 17.8 Å². The van der Waals surface area contributed by atoms with E-state index < -0.39 is 47.6 Å². The number of nitrogens with one attached hydrogen (secondary N) is 2. The van der Waals surface area contributed by atoms with Crippen LogP contribution in [0.25, 0.3) is 0 Å². The van der Waals surface area contributed by atoms with Crippen molar-refractivity contribution in [1.82, 2.24) is 15.5 Å². The minimum absolute atomic E-state index is 0.0855. The summed E-state index contributed by atoms with van der Waals surface area (Å²) in [7, 11) is 0. The molecule has 2 atom stereocenters. The molecule has 1 saturated heterocycles. The van der Waals surface area contributed by atoms with E-state index >= 15 is 0 Å². The average molecular weight is 377 g/mol. The van der Waals surface area contributed by atoms with Gasteiger partial charge in [-0.3, -0.25) is 14.5 Å². The highest BCUT2D eigenvalue weighted by Crippen LogP contribution is 2.29. The third kappa shape index (κ3) is 3.40. The van der Waals surface area contributed by atoms with E-state index in [0.717, 1.165) is 11.0 Å². The van der Waals surface area contributed by atoms with Gasteiger partial charge in [-0.25, -0.2) is 13.6 Å². The summed E-state index contributed by atoms with van der Waals surface area (Å²) >= 11 is 0. The third-order valence-electron chi connectivity index (χ3n) is 4.40. The molecule has 1 aliphatic rings. The standard InChI is InChI=1S/C18H17F2N3O4/c1-10(12-6-5-11(19)8-13(12)20)21-15(24)9-23-16(25)18(2,22-17(23)26)14-4-3-7-27-14/h3-8,10H,9H2,1-2H3,(H,21,24)(H,22,26). The maximum atomic E-state index is 13.8. The molecule has 1 fully saturated rings. The number of benzene rings is 1. The lowest BCUT2D eigenvalue weighted by molar-refractivity contribution is -0.135. The normalized spacial score (nSPS) is 20.5. The number of carbonyl (C=O) groups excluding carboxylic acids is 3. The zero-order valence-corrected chi connectivity index (χ0v) is 14.6. The SMILES string of the molecule is CC(NC(=O)CN1C(=O)NC(C)(c2ccco2)C1=O)c1ccc(F)cc1F. The van der Waals surface area contributed by atoms with Crippen molar-refractivity contribution in [3.63, 3.8) is 0 Å². The topological polar surface area (TPSA) is 91.7 Å². The van der Waals surface area contributed by atoms with E-state index in [1.807, 2.05) is 0 Å². The molecule has 142 valence electrons. The Morgan fingerprint density at radius 1 is 1.33 bits per heavy atom. The molecule has 9 heteroatoms. The Balaban J connectivity index is 1.69. The van der Waals surface area contributed by atoms with E-state index in [0.29, 0.717) is 6.07 Å². The number of furan rings is 1. The molecular formula is C18H17F2N3O4. The first-order chi connectivity index (χ1) is 12.7. The summed E-state index contributed by atoms with van der Waals surface area (Å²) in [6, 6.07) is 4.61. The Labute approximate surface area is 153 Å². The first kappa shape index (κ1) is 18.6. The number of carbonyl (C=O) groups is 3. The van der Waals surface area contributed by atoms with Crippen LogP contribution in [0.15, 0.2) is 41.0 Å². The van der Waals surface area contributed by atoms with Gasteiger partial charge in [-0.1, -0.05) is 6.07 Å². The lowest BCUT2D eigenvalue weighted by Gasteiger charge is -2.20. The van der Waals surface area contributed by atoms with Crippen molar-refractivity contribution in [3.8, 4) is 0 Å². The number of rotatable bonds is 5. The maximum Gasteiger partial charge on any atom is 0.325 e. The van der Waals surface area contributed by atoms with Gasteiger partial charge in [0, 0.05) is 11.6 Å². The van der Waals surface area contributed by atoms with Crippen LogP contribution in [0.1, 0.15) is 31.2 Å². The molecule has 27 heavy (non-hydrogen) atoms. The quantitative estimate of drug-likeness (QED) is 0.782. The van der Waals surface area contributed by atoms with Gasteiger partial charge in [0.1, 0.15) is 23.9 Å². The molecule has 2 aromatic rings. The van der Waals surface area contributed by atoms with Crippen LogP contribution in [0.2, 0.25) is 0 Å². The van der Waals surface area contributed by atoms with Crippen LogP contribution in [0.4, 0.5) is 13.6 Å². The van der Waals surface area contributed by atoms with Gasteiger partial charge in [0.05, 0.1) is 12.3 Å². The summed E-state index contributed by atoms with van der Waals surface area (Å²) in [5.74, 6) is -2.60. The summed E-state index contributed by atoms with van der Waals surface area (Å²) in [6.07, 6.45) is 1.37.